The van der Waals surface area contributed by atoms with Crippen LogP contribution < -0.4 is 0 Å². The number of hydrogen-bond donors (Lipinski definition) is 0. The molecule has 6 nitrogen and oxygen atoms in total. The molecule has 240 valence electrons. The molecule has 6 aromatic rings. The molecule has 0 fully saturated rings. The predicted octanol–water partition coefficient (Wildman–Crippen LogP) is 9.74. The number of nitrogens with zero attached hydrogens (tertiary/aromatic N) is 2. The zero-order valence-electron chi connectivity index (χ0n) is 28.2. The molecule has 0 unspecified atom stereocenters. The molecule has 0 spiro atoms. The van der Waals surface area contributed by atoms with Gasteiger partial charge in [0.2, 0.25) is 0 Å². The molecule has 0 radical (unpaired) electrons. The average Bonchev–Trinajstić information content (AvgIpc) is 3.07. The van der Waals surface area contributed by atoms with Gasteiger partial charge in [-0.1, -0.05) is 114 Å². The summed E-state index contributed by atoms with van der Waals surface area (Å²) in [5.41, 5.74) is 5.90. The zero-order valence-corrected chi connectivity index (χ0v) is 28.2. The minimum absolute atomic E-state index is 0.0130. The number of aromatic nitrogens is 2. The highest BCUT2D eigenvalue weighted by Gasteiger charge is 2.28. The third-order valence-corrected chi connectivity index (χ3v) is 8.98. The smallest absolute Gasteiger partial charge is 0.339 e. The van der Waals surface area contributed by atoms with E-state index in [9.17, 15) is 9.59 Å². The van der Waals surface area contributed by atoms with Crippen LogP contribution in [0, 0.1) is 0 Å². The van der Waals surface area contributed by atoms with E-state index in [1.54, 1.807) is 12.1 Å². The molecule has 3 heterocycles. The maximum absolute atomic E-state index is 14.2. The molecule has 48 heavy (non-hydrogen) atoms. The number of fused-ring (bicyclic) bond motifs is 10. The van der Waals surface area contributed by atoms with Crippen molar-refractivity contribution < 1.29 is 19.1 Å². The summed E-state index contributed by atoms with van der Waals surface area (Å²) in [7, 11) is 0. The largest absolute Gasteiger partial charge is 0.457 e. The average molecular weight is 635 g/mol. The van der Waals surface area contributed by atoms with E-state index >= 15 is 0 Å². The van der Waals surface area contributed by atoms with Crippen molar-refractivity contribution >= 4 is 33.5 Å². The van der Waals surface area contributed by atoms with E-state index in [4.69, 9.17) is 19.4 Å². The molecule has 1 aliphatic heterocycles. The number of hydrogen-bond acceptors (Lipinski definition) is 6. The van der Waals surface area contributed by atoms with Crippen molar-refractivity contribution in [2.75, 3.05) is 0 Å². The van der Waals surface area contributed by atoms with Crippen LogP contribution in [0.4, 0.5) is 0 Å². The Morgan fingerprint density at radius 3 is 1.29 bits per heavy atom. The molecular weight excluding hydrogens is 596 g/mol. The van der Waals surface area contributed by atoms with Gasteiger partial charge in [-0.15, -0.1) is 0 Å². The van der Waals surface area contributed by atoms with E-state index in [1.165, 1.54) is 0 Å². The van der Waals surface area contributed by atoms with Gasteiger partial charge in [0, 0.05) is 44.5 Å². The number of esters is 2. The van der Waals surface area contributed by atoms with Crippen LogP contribution in [0.2, 0.25) is 0 Å². The maximum Gasteiger partial charge on any atom is 0.339 e. The first-order chi connectivity index (χ1) is 22.9. The number of carbonyl (C=O) groups excluding carboxylic acids is 2. The summed E-state index contributed by atoms with van der Waals surface area (Å²) in [6, 6.07) is 31.0. The van der Waals surface area contributed by atoms with Gasteiger partial charge in [-0.25, -0.2) is 9.59 Å². The highest BCUT2D eigenvalue weighted by atomic mass is 16.5. The Morgan fingerprint density at radius 2 is 0.896 bits per heavy atom. The van der Waals surface area contributed by atoms with Crippen LogP contribution in [0.1, 0.15) is 84.8 Å². The number of rotatable bonds is 0. The fourth-order valence-electron chi connectivity index (χ4n) is 6.32. The lowest BCUT2D eigenvalue weighted by Gasteiger charge is -2.24. The van der Waals surface area contributed by atoms with Gasteiger partial charge in [-0.2, -0.15) is 0 Å². The molecule has 7 rings (SSSR count). The summed E-state index contributed by atoms with van der Waals surface area (Å²) in [5, 5.41) is 3.56. The molecule has 0 amide bonds. The lowest BCUT2D eigenvalue weighted by atomic mass is 9.87. The molecule has 0 atom stereocenters. The topological polar surface area (TPSA) is 78.4 Å². The van der Waals surface area contributed by atoms with Gasteiger partial charge in [0.1, 0.15) is 13.2 Å². The van der Waals surface area contributed by atoms with Crippen molar-refractivity contribution in [2.45, 2.75) is 65.6 Å². The van der Waals surface area contributed by atoms with Crippen LogP contribution in [0.25, 0.3) is 44.1 Å². The van der Waals surface area contributed by atoms with Crippen LogP contribution in [0.3, 0.4) is 0 Å². The number of cyclic esters (lactones) is 2. The molecule has 4 aromatic carbocycles. The molecule has 2 aromatic heterocycles. The fourth-order valence-corrected chi connectivity index (χ4v) is 6.32. The molecule has 0 saturated carbocycles. The second-order valence-corrected chi connectivity index (χ2v) is 14.5. The van der Waals surface area contributed by atoms with E-state index < -0.39 is 11.9 Å². The normalized spacial score (nSPS) is 13.9. The lowest BCUT2D eigenvalue weighted by Crippen LogP contribution is -2.18. The van der Waals surface area contributed by atoms with Gasteiger partial charge < -0.3 is 9.47 Å². The summed E-state index contributed by atoms with van der Waals surface area (Å²) < 4.78 is 12.3. The Balaban J connectivity index is 1.50. The summed E-state index contributed by atoms with van der Waals surface area (Å²) in [5.74, 6) is -0.995. The number of carbonyl (C=O) groups is 2. The highest BCUT2D eigenvalue weighted by molar-refractivity contribution is 6.17. The van der Waals surface area contributed by atoms with Gasteiger partial charge in [0.25, 0.3) is 0 Å². The van der Waals surface area contributed by atoms with E-state index in [0.717, 1.165) is 32.9 Å². The summed E-state index contributed by atoms with van der Waals surface area (Å²) in [6.07, 6.45) is 0. The Bertz CT molecular complexity index is 2100. The fraction of sp³-hybridized carbons (Fsp3) is 0.238. The van der Waals surface area contributed by atoms with Crippen molar-refractivity contribution in [1.82, 2.24) is 9.97 Å². The molecule has 0 bridgehead atoms. The Labute approximate surface area is 280 Å². The Morgan fingerprint density at radius 1 is 0.500 bits per heavy atom. The minimum Gasteiger partial charge on any atom is -0.457 e. The monoisotopic (exact) mass is 634 g/mol. The quantitative estimate of drug-likeness (QED) is 0.155. The van der Waals surface area contributed by atoms with Gasteiger partial charge in [-0.05, 0) is 45.8 Å². The van der Waals surface area contributed by atoms with E-state index in [1.807, 2.05) is 84.9 Å². The van der Waals surface area contributed by atoms with Crippen LogP contribution in [-0.2, 0) is 33.5 Å². The molecule has 1 aliphatic rings. The van der Waals surface area contributed by atoms with Crippen LogP contribution in [-0.4, -0.2) is 21.9 Å². The second-order valence-electron chi connectivity index (χ2n) is 14.5. The van der Waals surface area contributed by atoms with E-state index in [2.05, 4.69) is 41.5 Å². The first-order valence-electron chi connectivity index (χ1n) is 16.3. The Hall–Kier alpha value is -5.36. The minimum atomic E-state index is -0.498. The second kappa shape index (κ2) is 11.7. The maximum atomic E-state index is 14.2. The first-order valence-corrected chi connectivity index (χ1v) is 16.3. The third kappa shape index (κ3) is 5.62. The van der Waals surface area contributed by atoms with E-state index in [-0.39, 0.29) is 24.0 Å². The highest BCUT2D eigenvalue weighted by Crippen LogP contribution is 2.41. The zero-order chi connectivity index (χ0) is 33.8. The Kier molecular flexibility index (Phi) is 7.62. The summed E-state index contributed by atoms with van der Waals surface area (Å²) in [6.45, 7) is 12.6. The number of pyridine rings is 2. The molecular formula is C42H38N2O4. The molecule has 0 N–H and O–H groups in total. The number of benzene rings is 4. The van der Waals surface area contributed by atoms with Gasteiger partial charge >= 0.3 is 11.9 Å². The van der Waals surface area contributed by atoms with Crippen molar-refractivity contribution in [2.24, 2.45) is 0 Å². The van der Waals surface area contributed by atoms with Gasteiger partial charge in [0.05, 0.1) is 22.5 Å². The lowest BCUT2D eigenvalue weighted by molar-refractivity contribution is 0.0460. The van der Waals surface area contributed by atoms with Crippen LogP contribution in [0.15, 0.2) is 97.1 Å². The van der Waals surface area contributed by atoms with Crippen molar-refractivity contribution in [3.8, 4) is 22.5 Å². The summed E-state index contributed by atoms with van der Waals surface area (Å²) >= 11 is 0. The van der Waals surface area contributed by atoms with Crippen molar-refractivity contribution in [3.63, 3.8) is 0 Å². The molecule has 6 heteroatoms. The van der Waals surface area contributed by atoms with Crippen LogP contribution in [0.5, 0.6) is 0 Å². The van der Waals surface area contributed by atoms with Gasteiger partial charge in [-0.3, -0.25) is 9.97 Å². The van der Waals surface area contributed by atoms with Crippen molar-refractivity contribution in [3.05, 3.63) is 131 Å². The number of ether oxygens (including phenoxy) is 2. The summed E-state index contributed by atoms with van der Waals surface area (Å²) in [4.78, 5) is 38.7. The first kappa shape index (κ1) is 31.3. The van der Waals surface area contributed by atoms with Gasteiger partial charge in [0.15, 0.2) is 0 Å². The SMILES string of the molecule is CC(C)(C)c1ccc2c(n1)-c1nc(C(C)(C)C)ccc1COC(=O)c1ccc3ccccc3c1-c1c(ccc3ccccc13)C(=O)OC2. The molecule has 0 saturated heterocycles. The third-order valence-electron chi connectivity index (χ3n) is 8.98. The predicted molar refractivity (Wildman–Crippen MR) is 190 cm³/mol. The molecule has 0 aliphatic carbocycles. The van der Waals surface area contributed by atoms with Crippen LogP contribution >= 0.6 is 0 Å². The standard InChI is InChI=1S/C42H38N2O4/c1-41(2,3)33-21-17-27-23-47-39(45)31-19-15-25-11-7-9-13-29(25)35(31)36-30-14-10-8-12-26(30)16-20-32(36)40(46)48-24-28-18-22-34(42(4,5)6)44-38(28)37(27)43-33/h7-22H,23-24H2,1-6H3. The van der Waals surface area contributed by atoms with E-state index in [0.29, 0.717) is 44.8 Å². The van der Waals surface area contributed by atoms with Crippen molar-refractivity contribution in [1.29, 1.82) is 0 Å².